The van der Waals surface area contributed by atoms with E-state index in [1.165, 1.54) is 0 Å². The topological polar surface area (TPSA) is 148 Å². The standard InChI is InChI=1S/C15H12BrN7O4/c1-8-6-11(22-27-8)19-13-12(23(25)26)14(18-7-17-13)20-21-15(24)9-4-2-3-5-10(9)16/h2-7H,1H3,(H,21,24)(H2,17,18,19,20,22). The third-order valence-electron chi connectivity index (χ3n) is 3.29. The molecular weight excluding hydrogens is 422 g/mol. The first kappa shape index (κ1) is 18.3. The summed E-state index contributed by atoms with van der Waals surface area (Å²) < 4.78 is 5.48. The van der Waals surface area contributed by atoms with Gasteiger partial charge >= 0.3 is 5.69 Å². The predicted molar refractivity (Wildman–Crippen MR) is 98.4 cm³/mol. The summed E-state index contributed by atoms with van der Waals surface area (Å²) in [6.45, 7) is 1.68. The van der Waals surface area contributed by atoms with E-state index in [1.807, 2.05) is 0 Å². The average molecular weight is 434 g/mol. The highest BCUT2D eigenvalue weighted by atomic mass is 79.9. The Hall–Kier alpha value is -3.54. The van der Waals surface area contributed by atoms with Gasteiger partial charge in [0, 0.05) is 10.5 Å². The lowest BCUT2D eigenvalue weighted by molar-refractivity contribution is -0.383. The molecule has 0 saturated carbocycles. The number of aryl methyl sites for hydroxylation is 1. The van der Waals surface area contributed by atoms with Crippen molar-refractivity contribution in [3.05, 3.63) is 62.6 Å². The van der Waals surface area contributed by atoms with Gasteiger partial charge in [0.05, 0.1) is 10.5 Å². The van der Waals surface area contributed by atoms with E-state index in [2.05, 4.69) is 47.2 Å². The van der Waals surface area contributed by atoms with Gasteiger partial charge in [0.25, 0.3) is 5.91 Å². The van der Waals surface area contributed by atoms with Crippen LogP contribution in [0.1, 0.15) is 16.1 Å². The number of amides is 1. The Bertz CT molecular complexity index is 1010. The molecule has 0 atom stereocenters. The number of hydrogen-bond acceptors (Lipinski definition) is 9. The van der Waals surface area contributed by atoms with E-state index in [1.54, 1.807) is 37.3 Å². The van der Waals surface area contributed by atoms with Gasteiger partial charge in [-0.05, 0) is 35.0 Å². The molecule has 3 aromatic rings. The zero-order valence-corrected chi connectivity index (χ0v) is 15.3. The number of benzene rings is 1. The lowest BCUT2D eigenvalue weighted by Crippen LogP contribution is -2.30. The molecule has 0 bridgehead atoms. The van der Waals surface area contributed by atoms with Crippen LogP contribution in [0.25, 0.3) is 0 Å². The van der Waals surface area contributed by atoms with Gasteiger partial charge in [-0.1, -0.05) is 17.3 Å². The van der Waals surface area contributed by atoms with Gasteiger partial charge in [0.2, 0.25) is 11.6 Å². The zero-order valence-electron chi connectivity index (χ0n) is 13.8. The molecule has 0 radical (unpaired) electrons. The minimum absolute atomic E-state index is 0.110. The van der Waals surface area contributed by atoms with Crippen LogP contribution in [0.3, 0.4) is 0 Å². The van der Waals surface area contributed by atoms with Crippen molar-refractivity contribution >= 4 is 45.0 Å². The Morgan fingerprint density at radius 3 is 2.67 bits per heavy atom. The minimum atomic E-state index is -0.678. The second kappa shape index (κ2) is 7.78. The van der Waals surface area contributed by atoms with Crippen LogP contribution in [-0.4, -0.2) is 26.0 Å². The maximum absolute atomic E-state index is 12.2. The fourth-order valence-electron chi connectivity index (χ4n) is 2.11. The smallest absolute Gasteiger partial charge is 0.355 e. The number of carbonyl (C=O) groups excluding carboxylic acids is 1. The largest absolute Gasteiger partial charge is 0.360 e. The molecule has 0 aliphatic heterocycles. The molecule has 0 aliphatic rings. The summed E-state index contributed by atoms with van der Waals surface area (Å²) in [5.74, 6) is -0.0400. The maximum atomic E-state index is 12.2. The van der Waals surface area contributed by atoms with Gasteiger partial charge in [-0.3, -0.25) is 25.8 Å². The molecular formula is C15H12BrN7O4. The van der Waals surface area contributed by atoms with Gasteiger partial charge < -0.3 is 9.84 Å². The molecule has 11 nitrogen and oxygen atoms in total. The molecule has 2 aromatic heterocycles. The van der Waals surface area contributed by atoms with Crippen LogP contribution in [0.4, 0.5) is 23.1 Å². The number of hydrazine groups is 1. The highest BCUT2D eigenvalue weighted by Crippen LogP contribution is 2.30. The van der Waals surface area contributed by atoms with Crippen LogP contribution in [0.15, 0.2) is 45.7 Å². The first-order valence-corrected chi connectivity index (χ1v) is 8.25. The number of nitrogens with one attached hydrogen (secondary N) is 3. The molecule has 2 heterocycles. The number of hydrogen-bond donors (Lipinski definition) is 3. The summed E-state index contributed by atoms with van der Waals surface area (Å²) in [6.07, 6.45) is 1.11. The van der Waals surface area contributed by atoms with Crippen molar-refractivity contribution in [3.8, 4) is 0 Å². The van der Waals surface area contributed by atoms with Crippen LogP contribution < -0.4 is 16.2 Å². The van der Waals surface area contributed by atoms with E-state index >= 15 is 0 Å². The van der Waals surface area contributed by atoms with Crippen LogP contribution in [-0.2, 0) is 0 Å². The second-order valence-corrected chi connectivity index (χ2v) is 6.04. The number of carbonyl (C=O) groups is 1. The van der Waals surface area contributed by atoms with Gasteiger partial charge in [-0.2, -0.15) is 0 Å². The minimum Gasteiger partial charge on any atom is -0.360 e. The van der Waals surface area contributed by atoms with Crippen molar-refractivity contribution < 1.29 is 14.2 Å². The SMILES string of the molecule is Cc1cc(Nc2ncnc(NNC(=O)c3ccccc3Br)c2[N+](=O)[O-])no1. The van der Waals surface area contributed by atoms with Crippen LogP contribution in [0.2, 0.25) is 0 Å². The van der Waals surface area contributed by atoms with Gasteiger partial charge in [0.1, 0.15) is 12.1 Å². The Morgan fingerprint density at radius 1 is 1.26 bits per heavy atom. The summed E-state index contributed by atoms with van der Waals surface area (Å²) in [5.41, 5.74) is 4.70. The van der Waals surface area contributed by atoms with Crippen molar-refractivity contribution in [1.82, 2.24) is 20.6 Å². The number of nitrogens with zero attached hydrogens (tertiary/aromatic N) is 4. The van der Waals surface area contributed by atoms with Crippen LogP contribution in [0.5, 0.6) is 0 Å². The third-order valence-corrected chi connectivity index (χ3v) is 3.98. The van der Waals surface area contributed by atoms with Crippen LogP contribution in [0, 0.1) is 17.0 Å². The molecule has 3 N–H and O–H groups in total. The number of halogens is 1. The second-order valence-electron chi connectivity index (χ2n) is 5.18. The van der Waals surface area contributed by atoms with Crippen molar-refractivity contribution in [1.29, 1.82) is 0 Å². The highest BCUT2D eigenvalue weighted by Gasteiger charge is 2.24. The molecule has 27 heavy (non-hydrogen) atoms. The van der Waals surface area contributed by atoms with Crippen molar-refractivity contribution in [2.75, 3.05) is 10.7 Å². The van der Waals surface area contributed by atoms with E-state index < -0.39 is 16.5 Å². The molecule has 0 unspecified atom stereocenters. The van der Waals surface area contributed by atoms with E-state index in [0.29, 0.717) is 15.8 Å². The Morgan fingerprint density at radius 2 is 2.00 bits per heavy atom. The molecule has 0 fully saturated rings. The molecule has 138 valence electrons. The Kier molecular flexibility index (Phi) is 5.26. The molecule has 0 aliphatic carbocycles. The molecule has 0 saturated heterocycles. The normalized spacial score (nSPS) is 10.3. The maximum Gasteiger partial charge on any atom is 0.355 e. The number of rotatable bonds is 6. The molecule has 1 amide bonds. The molecule has 0 spiro atoms. The first-order valence-electron chi connectivity index (χ1n) is 7.46. The highest BCUT2D eigenvalue weighted by molar-refractivity contribution is 9.10. The fraction of sp³-hybridized carbons (Fsp3) is 0.0667. The van der Waals surface area contributed by atoms with Crippen molar-refractivity contribution in [2.45, 2.75) is 6.92 Å². The quantitative estimate of drug-likeness (QED) is 0.393. The lowest BCUT2D eigenvalue weighted by atomic mass is 10.2. The van der Waals surface area contributed by atoms with Crippen LogP contribution >= 0.6 is 15.9 Å². The molecule has 1 aromatic carbocycles. The van der Waals surface area contributed by atoms with Crippen molar-refractivity contribution in [3.63, 3.8) is 0 Å². The fourth-order valence-corrected chi connectivity index (χ4v) is 2.57. The molecule has 3 rings (SSSR count). The summed E-state index contributed by atoms with van der Waals surface area (Å²) in [5, 5.41) is 17.9. The third kappa shape index (κ3) is 4.17. The number of anilines is 3. The Balaban J connectivity index is 1.83. The summed E-state index contributed by atoms with van der Waals surface area (Å²) in [7, 11) is 0. The van der Waals surface area contributed by atoms with Crippen molar-refractivity contribution in [2.24, 2.45) is 0 Å². The lowest BCUT2D eigenvalue weighted by Gasteiger charge is -2.10. The average Bonchev–Trinajstić information content (AvgIpc) is 3.04. The van der Waals surface area contributed by atoms with Gasteiger partial charge in [0.15, 0.2) is 5.82 Å². The first-order chi connectivity index (χ1) is 13.0. The van der Waals surface area contributed by atoms with E-state index in [-0.39, 0.29) is 17.5 Å². The van der Waals surface area contributed by atoms with Gasteiger partial charge in [-0.25, -0.2) is 9.97 Å². The predicted octanol–water partition coefficient (Wildman–Crippen LogP) is 2.94. The summed E-state index contributed by atoms with van der Waals surface area (Å²) in [4.78, 5) is 30.7. The monoisotopic (exact) mass is 433 g/mol. The number of nitro groups is 1. The summed E-state index contributed by atoms with van der Waals surface area (Å²) in [6, 6.07) is 8.29. The summed E-state index contributed by atoms with van der Waals surface area (Å²) >= 11 is 3.26. The number of aromatic nitrogens is 3. The van der Waals surface area contributed by atoms with E-state index in [0.717, 1.165) is 6.33 Å². The Labute approximate surface area is 160 Å². The van der Waals surface area contributed by atoms with E-state index in [4.69, 9.17) is 4.52 Å². The van der Waals surface area contributed by atoms with E-state index in [9.17, 15) is 14.9 Å². The van der Waals surface area contributed by atoms with Gasteiger partial charge in [-0.15, -0.1) is 0 Å². The molecule has 12 heteroatoms. The zero-order chi connectivity index (χ0) is 19.4.